The van der Waals surface area contributed by atoms with Crippen LogP contribution in [0, 0.1) is 0 Å². The Kier molecular flexibility index (Phi) is 5.35. The lowest BCUT2D eigenvalue weighted by molar-refractivity contribution is 0.413. The summed E-state index contributed by atoms with van der Waals surface area (Å²) in [7, 11) is 1.64. The fourth-order valence-electron chi connectivity index (χ4n) is 3.43. The largest absolute Gasteiger partial charge is 0.495 e. The Labute approximate surface area is 189 Å². The topological polar surface area (TPSA) is 98.8 Å². The van der Waals surface area contributed by atoms with Crippen molar-refractivity contribution < 1.29 is 4.74 Å². The van der Waals surface area contributed by atoms with E-state index in [1.807, 2.05) is 48.7 Å². The summed E-state index contributed by atoms with van der Waals surface area (Å²) in [4.78, 5) is 17.6. The van der Waals surface area contributed by atoms with Gasteiger partial charge >= 0.3 is 0 Å². The fraction of sp³-hybridized carbons (Fsp3) is 0.0833. The molecule has 32 heavy (non-hydrogen) atoms. The maximum absolute atomic E-state index is 5.95. The van der Waals surface area contributed by atoms with Crippen LogP contribution in [0.4, 0.5) is 16.9 Å². The normalized spacial score (nSPS) is 10.9. The van der Waals surface area contributed by atoms with E-state index in [0.29, 0.717) is 12.2 Å². The summed E-state index contributed by atoms with van der Waals surface area (Å²) in [5.41, 5.74) is 10.9. The van der Waals surface area contributed by atoms with Crippen LogP contribution < -0.4 is 15.8 Å². The Bertz CT molecular complexity index is 1390. The third-order valence-corrected chi connectivity index (χ3v) is 5.86. The first kappa shape index (κ1) is 19.9. The van der Waals surface area contributed by atoms with Gasteiger partial charge < -0.3 is 15.8 Å². The Hall–Kier alpha value is -4.04. The van der Waals surface area contributed by atoms with E-state index in [0.717, 1.165) is 43.5 Å². The van der Waals surface area contributed by atoms with E-state index >= 15 is 0 Å². The number of fused-ring (bicyclic) bond motifs is 1. The van der Waals surface area contributed by atoms with Gasteiger partial charge in [0.1, 0.15) is 11.6 Å². The summed E-state index contributed by atoms with van der Waals surface area (Å²) in [5, 5.41) is 4.02. The summed E-state index contributed by atoms with van der Waals surface area (Å²) in [5.74, 6) is 1.58. The number of benzene rings is 2. The fourth-order valence-corrected chi connectivity index (χ4v) is 4.35. The second-order valence-corrected chi connectivity index (χ2v) is 8.24. The molecule has 0 atom stereocenters. The molecule has 0 aliphatic carbocycles. The van der Waals surface area contributed by atoms with Gasteiger partial charge in [-0.3, -0.25) is 4.98 Å². The van der Waals surface area contributed by atoms with Crippen molar-refractivity contribution in [2.75, 3.05) is 18.2 Å². The second kappa shape index (κ2) is 8.60. The maximum Gasteiger partial charge on any atom is 0.222 e. The summed E-state index contributed by atoms with van der Waals surface area (Å²) >= 11 is 1.55. The summed E-state index contributed by atoms with van der Waals surface area (Å²) < 4.78 is 6.34. The lowest BCUT2D eigenvalue weighted by Gasteiger charge is -2.06. The molecule has 0 fully saturated rings. The molecule has 0 amide bonds. The molecule has 0 unspecified atom stereocenters. The van der Waals surface area contributed by atoms with Crippen molar-refractivity contribution in [3.05, 3.63) is 84.3 Å². The third kappa shape index (κ3) is 4.35. The van der Waals surface area contributed by atoms with E-state index in [9.17, 15) is 0 Å². The standard InChI is InChI=1S/C24H20N6OS/c1-31-19-10-17(13-26-14-19)16-7-8-20-21(11-16)32-24(28-20)30-22-12-18(27-23(25)29-22)9-15-5-3-2-4-6-15/h2-8,10-14H,9H2,1H3,(H3,25,27,28,29,30). The second-order valence-electron chi connectivity index (χ2n) is 7.21. The Morgan fingerprint density at radius 2 is 1.81 bits per heavy atom. The molecular formula is C24H20N6OS. The first-order valence-electron chi connectivity index (χ1n) is 10.0. The van der Waals surface area contributed by atoms with Gasteiger partial charge in [-0.15, -0.1) is 0 Å². The molecule has 0 aliphatic heterocycles. The minimum Gasteiger partial charge on any atom is -0.495 e. The number of pyridine rings is 1. The Morgan fingerprint density at radius 3 is 2.66 bits per heavy atom. The van der Waals surface area contributed by atoms with Gasteiger partial charge in [0.15, 0.2) is 5.13 Å². The molecule has 2 aromatic carbocycles. The van der Waals surface area contributed by atoms with E-state index < -0.39 is 0 Å². The van der Waals surface area contributed by atoms with Crippen LogP contribution >= 0.6 is 11.3 Å². The molecule has 5 aromatic rings. The zero-order valence-electron chi connectivity index (χ0n) is 17.3. The number of nitrogens with one attached hydrogen (secondary N) is 1. The van der Waals surface area contributed by atoms with Gasteiger partial charge in [0.25, 0.3) is 0 Å². The number of nitrogen functional groups attached to an aromatic ring is 1. The van der Waals surface area contributed by atoms with Gasteiger partial charge in [-0.05, 0) is 29.3 Å². The van der Waals surface area contributed by atoms with Crippen LogP contribution in [-0.2, 0) is 6.42 Å². The maximum atomic E-state index is 5.95. The van der Waals surface area contributed by atoms with Crippen molar-refractivity contribution in [3.8, 4) is 16.9 Å². The first-order valence-corrected chi connectivity index (χ1v) is 10.8. The number of ether oxygens (including phenoxy) is 1. The molecule has 5 rings (SSSR count). The van der Waals surface area contributed by atoms with Gasteiger partial charge in [0, 0.05) is 24.2 Å². The predicted molar refractivity (Wildman–Crippen MR) is 128 cm³/mol. The SMILES string of the molecule is COc1cncc(-c2ccc3nc(Nc4cc(Cc5ccccc5)nc(N)n4)sc3c2)c1. The quantitative estimate of drug-likeness (QED) is 0.380. The molecule has 0 aliphatic rings. The predicted octanol–water partition coefficient (Wildman–Crippen LogP) is 5.07. The van der Waals surface area contributed by atoms with Crippen LogP contribution in [0.2, 0.25) is 0 Å². The molecule has 0 saturated heterocycles. The molecule has 0 bridgehead atoms. The molecule has 0 radical (unpaired) electrons. The van der Waals surface area contributed by atoms with Gasteiger partial charge in [0.05, 0.1) is 29.2 Å². The molecule has 158 valence electrons. The van der Waals surface area contributed by atoms with Gasteiger partial charge in [-0.2, -0.15) is 4.98 Å². The van der Waals surface area contributed by atoms with E-state index in [1.54, 1.807) is 24.6 Å². The highest BCUT2D eigenvalue weighted by molar-refractivity contribution is 7.22. The number of hydrogen-bond acceptors (Lipinski definition) is 8. The summed E-state index contributed by atoms with van der Waals surface area (Å²) in [6, 6.07) is 20.1. The highest BCUT2D eigenvalue weighted by atomic mass is 32.1. The van der Waals surface area contributed by atoms with Crippen molar-refractivity contribution in [3.63, 3.8) is 0 Å². The smallest absolute Gasteiger partial charge is 0.222 e. The number of anilines is 3. The van der Waals surface area contributed by atoms with Crippen molar-refractivity contribution in [1.82, 2.24) is 19.9 Å². The zero-order valence-corrected chi connectivity index (χ0v) is 18.1. The van der Waals surface area contributed by atoms with Crippen LogP contribution in [-0.4, -0.2) is 27.0 Å². The van der Waals surface area contributed by atoms with Gasteiger partial charge in [-0.25, -0.2) is 9.97 Å². The summed E-state index contributed by atoms with van der Waals surface area (Å²) in [6.07, 6.45) is 4.19. The van der Waals surface area contributed by atoms with Gasteiger partial charge in [-0.1, -0.05) is 47.7 Å². The number of methoxy groups -OCH3 is 1. The number of hydrogen-bond donors (Lipinski definition) is 2. The van der Waals surface area contributed by atoms with Crippen LogP contribution in [0.15, 0.2) is 73.1 Å². The minimum absolute atomic E-state index is 0.231. The lowest BCUT2D eigenvalue weighted by atomic mass is 10.1. The first-order chi connectivity index (χ1) is 15.7. The average molecular weight is 441 g/mol. The minimum atomic E-state index is 0.231. The molecule has 0 saturated carbocycles. The highest BCUT2D eigenvalue weighted by Crippen LogP contribution is 2.32. The van der Waals surface area contributed by atoms with Crippen molar-refractivity contribution in [2.24, 2.45) is 0 Å². The van der Waals surface area contributed by atoms with Crippen LogP contribution in [0.1, 0.15) is 11.3 Å². The molecule has 0 spiro atoms. The number of nitrogens with two attached hydrogens (primary N) is 1. The lowest BCUT2D eigenvalue weighted by Crippen LogP contribution is -2.03. The molecule has 3 heterocycles. The third-order valence-electron chi connectivity index (χ3n) is 4.93. The van der Waals surface area contributed by atoms with Crippen LogP contribution in [0.3, 0.4) is 0 Å². The number of aromatic nitrogens is 4. The van der Waals surface area contributed by atoms with E-state index in [4.69, 9.17) is 10.5 Å². The van der Waals surface area contributed by atoms with Gasteiger partial charge in [0.2, 0.25) is 5.95 Å². The summed E-state index contributed by atoms with van der Waals surface area (Å²) in [6.45, 7) is 0. The van der Waals surface area contributed by atoms with Crippen molar-refractivity contribution in [1.29, 1.82) is 0 Å². The zero-order chi connectivity index (χ0) is 21.9. The van der Waals surface area contributed by atoms with Crippen LogP contribution in [0.5, 0.6) is 5.75 Å². The Morgan fingerprint density at radius 1 is 0.938 bits per heavy atom. The average Bonchev–Trinajstić information content (AvgIpc) is 3.20. The number of thiazole rings is 1. The van der Waals surface area contributed by atoms with E-state index in [-0.39, 0.29) is 5.95 Å². The van der Waals surface area contributed by atoms with E-state index in [2.05, 4.69) is 43.5 Å². The molecule has 3 aromatic heterocycles. The monoisotopic (exact) mass is 440 g/mol. The number of nitrogens with zero attached hydrogens (tertiary/aromatic N) is 4. The molecule has 7 nitrogen and oxygen atoms in total. The van der Waals surface area contributed by atoms with Crippen molar-refractivity contribution in [2.45, 2.75) is 6.42 Å². The molecular weight excluding hydrogens is 420 g/mol. The van der Waals surface area contributed by atoms with Crippen molar-refractivity contribution >= 4 is 38.5 Å². The number of rotatable bonds is 6. The Balaban J connectivity index is 1.40. The molecule has 3 N–H and O–H groups in total. The molecule has 8 heteroatoms. The van der Waals surface area contributed by atoms with Crippen LogP contribution in [0.25, 0.3) is 21.3 Å². The highest BCUT2D eigenvalue weighted by Gasteiger charge is 2.10. The van der Waals surface area contributed by atoms with E-state index in [1.165, 1.54) is 0 Å².